The first kappa shape index (κ1) is 17.4. The van der Waals surface area contributed by atoms with Crippen LogP contribution >= 0.6 is 0 Å². The van der Waals surface area contributed by atoms with E-state index in [1.807, 2.05) is 30.0 Å². The van der Waals surface area contributed by atoms with Gasteiger partial charge in [0.2, 0.25) is 0 Å². The van der Waals surface area contributed by atoms with E-state index in [1.165, 1.54) is 5.56 Å². The average molecular weight is 339 g/mol. The van der Waals surface area contributed by atoms with Crippen molar-refractivity contribution in [2.75, 3.05) is 19.7 Å². The number of pyridine rings is 1. The Bertz CT molecular complexity index is 663. The maximum absolute atomic E-state index is 12.5. The molecule has 1 saturated heterocycles. The van der Waals surface area contributed by atoms with Crippen LogP contribution in [0.4, 0.5) is 4.79 Å². The van der Waals surface area contributed by atoms with Crippen molar-refractivity contribution < 1.29 is 9.53 Å². The van der Waals surface area contributed by atoms with Crippen molar-refractivity contribution in [1.29, 1.82) is 0 Å². The van der Waals surface area contributed by atoms with Crippen LogP contribution in [0.25, 0.3) is 0 Å². The van der Waals surface area contributed by atoms with Gasteiger partial charge in [0.15, 0.2) is 0 Å². The van der Waals surface area contributed by atoms with Gasteiger partial charge in [0.05, 0.1) is 18.8 Å². The Morgan fingerprint density at radius 2 is 2.04 bits per heavy atom. The zero-order chi connectivity index (χ0) is 17.5. The van der Waals surface area contributed by atoms with Gasteiger partial charge in [-0.2, -0.15) is 0 Å². The number of benzene rings is 1. The Kier molecular flexibility index (Phi) is 6.01. The highest BCUT2D eigenvalue weighted by atomic mass is 16.5. The molecule has 25 heavy (non-hydrogen) atoms. The highest BCUT2D eigenvalue weighted by Crippen LogP contribution is 2.15. The first-order chi connectivity index (χ1) is 12.2. The molecule has 1 N–H and O–H groups in total. The summed E-state index contributed by atoms with van der Waals surface area (Å²) in [4.78, 5) is 18.4. The second-order valence-electron chi connectivity index (χ2n) is 6.41. The van der Waals surface area contributed by atoms with Gasteiger partial charge in [-0.1, -0.05) is 30.3 Å². The molecule has 0 spiro atoms. The Morgan fingerprint density at radius 1 is 1.28 bits per heavy atom. The second kappa shape index (κ2) is 8.62. The largest absolute Gasteiger partial charge is 0.375 e. The van der Waals surface area contributed by atoms with Crippen molar-refractivity contribution in [3.05, 3.63) is 66.0 Å². The fourth-order valence-corrected chi connectivity index (χ4v) is 3.06. The summed E-state index contributed by atoms with van der Waals surface area (Å²) >= 11 is 0. The molecule has 1 fully saturated rings. The van der Waals surface area contributed by atoms with E-state index in [2.05, 4.69) is 34.6 Å². The van der Waals surface area contributed by atoms with Gasteiger partial charge in [0, 0.05) is 25.5 Å². The third-order valence-corrected chi connectivity index (χ3v) is 4.57. The quantitative estimate of drug-likeness (QED) is 0.910. The SMILES string of the molecule is CC(NC(=O)N1CCOC(CCc2ccccc2)C1)c1ccncc1. The number of rotatable bonds is 5. The molecule has 1 aliphatic rings. The molecule has 2 aromatic rings. The summed E-state index contributed by atoms with van der Waals surface area (Å²) in [7, 11) is 0. The number of aromatic nitrogens is 1. The van der Waals surface area contributed by atoms with Crippen molar-refractivity contribution in [3.63, 3.8) is 0 Å². The lowest BCUT2D eigenvalue weighted by molar-refractivity contribution is -0.0179. The third-order valence-electron chi connectivity index (χ3n) is 4.57. The number of ether oxygens (including phenoxy) is 1. The molecule has 1 aromatic carbocycles. The van der Waals surface area contributed by atoms with Gasteiger partial charge >= 0.3 is 6.03 Å². The first-order valence-corrected chi connectivity index (χ1v) is 8.83. The van der Waals surface area contributed by atoms with Gasteiger partial charge in [-0.3, -0.25) is 4.98 Å². The predicted octanol–water partition coefficient (Wildman–Crippen LogP) is 3.19. The van der Waals surface area contributed by atoms with E-state index in [0.717, 1.165) is 18.4 Å². The van der Waals surface area contributed by atoms with E-state index < -0.39 is 0 Å². The molecule has 0 radical (unpaired) electrons. The number of urea groups is 1. The number of carbonyl (C=O) groups excluding carboxylic acids is 1. The summed E-state index contributed by atoms with van der Waals surface area (Å²) < 4.78 is 5.84. The molecule has 1 aliphatic heterocycles. The van der Waals surface area contributed by atoms with Crippen LogP contribution in [-0.4, -0.2) is 41.7 Å². The molecule has 0 saturated carbocycles. The van der Waals surface area contributed by atoms with Gasteiger partial charge in [-0.05, 0) is 43.0 Å². The minimum absolute atomic E-state index is 0.0303. The Morgan fingerprint density at radius 3 is 2.80 bits per heavy atom. The van der Waals surface area contributed by atoms with E-state index in [-0.39, 0.29) is 18.2 Å². The van der Waals surface area contributed by atoms with Crippen LogP contribution in [0.1, 0.15) is 30.5 Å². The van der Waals surface area contributed by atoms with E-state index in [9.17, 15) is 4.79 Å². The lowest BCUT2D eigenvalue weighted by atomic mass is 10.1. The number of carbonyl (C=O) groups is 1. The van der Waals surface area contributed by atoms with Crippen molar-refractivity contribution in [2.45, 2.75) is 31.9 Å². The lowest BCUT2D eigenvalue weighted by Crippen LogP contribution is -2.50. The third kappa shape index (κ3) is 5.03. The molecule has 5 heteroatoms. The molecule has 2 atom stereocenters. The van der Waals surface area contributed by atoms with Crippen LogP contribution < -0.4 is 5.32 Å². The van der Waals surface area contributed by atoms with Gasteiger partial charge in [0.1, 0.15) is 0 Å². The van der Waals surface area contributed by atoms with Crippen LogP contribution in [0.15, 0.2) is 54.9 Å². The highest BCUT2D eigenvalue weighted by Gasteiger charge is 2.25. The van der Waals surface area contributed by atoms with Crippen molar-refractivity contribution in [2.24, 2.45) is 0 Å². The fourth-order valence-electron chi connectivity index (χ4n) is 3.06. The maximum atomic E-state index is 12.5. The van der Waals surface area contributed by atoms with Crippen LogP contribution in [0.5, 0.6) is 0 Å². The van der Waals surface area contributed by atoms with E-state index in [0.29, 0.717) is 19.7 Å². The number of aryl methyl sites for hydroxylation is 1. The Labute approximate surface area is 149 Å². The molecular weight excluding hydrogens is 314 g/mol. The van der Waals surface area contributed by atoms with E-state index in [4.69, 9.17) is 4.74 Å². The summed E-state index contributed by atoms with van der Waals surface area (Å²) in [6.45, 7) is 3.86. The molecule has 3 rings (SSSR count). The monoisotopic (exact) mass is 339 g/mol. The van der Waals surface area contributed by atoms with Gasteiger partial charge < -0.3 is 15.0 Å². The molecule has 0 aliphatic carbocycles. The summed E-state index contributed by atoms with van der Waals surface area (Å²) in [6.07, 6.45) is 5.47. The summed E-state index contributed by atoms with van der Waals surface area (Å²) in [6, 6.07) is 14.2. The van der Waals surface area contributed by atoms with Gasteiger partial charge in [-0.25, -0.2) is 4.79 Å². The van der Waals surface area contributed by atoms with Gasteiger partial charge in [-0.15, -0.1) is 0 Å². The number of amides is 2. The molecule has 2 heterocycles. The van der Waals surface area contributed by atoms with Crippen LogP contribution in [0.3, 0.4) is 0 Å². The zero-order valence-electron chi connectivity index (χ0n) is 14.6. The average Bonchev–Trinajstić information content (AvgIpc) is 2.68. The van der Waals surface area contributed by atoms with E-state index in [1.54, 1.807) is 12.4 Å². The minimum atomic E-state index is -0.0406. The van der Waals surface area contributed by atoms with Crippen molar-refractivity contribution in [1.82, 2.24) is 15.2 Å². The Balaban J connectivity index is 1.49. The minimum Gasteiger partial charge on any atom is -0.375 e. The summed E-state index contributed by atoms with van der Waals surface area (Å²) in [5, 5.41) is 3.06. The maximum Gasteiger partial charge on any atom is 0.318 e. The summed E-state index contributed by atoms with van der Waals surface area (Å²) in [5.41, 5.74) is 2.36. The number of hydrogen-bond donors (Lipinski definition) is 1. The number of hydrogen-bond acceptors (Lipinski definition) is 3. The number of morpholine rings is 1. The Hall–Kier alpha value is -2.40. The molecule has 5 nitrogen and oxygen atoms in total. The van der Waals surface area contributed by atoms with Crippen LogP contribution in [0.2, 0.25) is 0 Å². The molecule has 1 aromatic heterocycles. The van der Waals surface area contributed by atoms with Gasteiger partial charge in [0.25, 0.3) is 0 Å². The summed E-state index contributed by atoms with van der Waals surface area (Å²) in [5.74, 6) is 0. The molecule has 2 unspecified atom stereocenters. The fraction of sp³-hybridized carbons (Fsp3) is 0.400. The first-order valence-electron chi connectivity index (χ1n) is 8.83. The highest BCUT2D eigenvalue weighted by molar-refractivity contribution is 5.74. The smallest absolute Gasteiger partial charge is 0.318 e. The lowest BCUT2D eigenvalue weighted by Gasteiger charge is -2.34. The molecule has 132 valence electrons. The van der Waals surface area contributed by atoms with Crippen molar-refractivity contribution in [3.8, 4) is 0 Å². The van der Waals surface area contributed by atoms with Crippen molar-refractivity contribution >= 4 is 6.03 Å². The standard InChI is InChI=1S/C20H25N3O2/c1-16(18-9-11-21-12-10-18)22-20(24)23-13-14-25-19(15-23)8-7-17-5-3-2-4-6-17/h2-6,9-12,16,19H,7-8,13-15H2,1H3,(H,22,24). The zero-order valence-corrected chi connectivity index (χ0v) is 14.6. The van der Waals surface area contributed by atoms with Crippen LogP contribution in [0, 0.1) is 0 Å². The molecular formula is C20H25N3O2. The number of nitrogens with one attached hydrogen (secondary N) is 1. The molecule has 0 bridgehead atoms. The second-order valence-corrected chi connectivity index (χ2v) is 6.41. The predicted molar refractivity (Wildman–Crippen MR) is 97.3 cm³/mol. The normalized spacial score (nSPS) is 18.6. The molecule has 2 amide bonds. The van der Waals surface area contributed by atoms with E-state index >= 15 is 0 Å². The number of nitrogens with zero attached hydrogens (tertiary/aromatic N) is 2. The van der Waals surface area contributed by atoms with Crippen LogP contribution in [-0.2, 0) is 11.2 Å². The topological polar surface area (TPSA) is 54.5 Å².